The molecule has 3 heterocycles. The largest absolute Gasteiger partial charge is 0.497 e. The second-order valence-electron chi connectivity index (χ2n) is 7.58. The number of carbonyl (C=O) groups excluding carboxylic acids is 2. The zero-order valence-corrected chi connectivity index (χ0v) is 18.4. The Kier molecular flexibility index (Phi) is 6.65. The number of rotatable bonds is 8. The summed E-state index contributed by atoms with van der Waals surface area (Å²) in [5.41, 5.74) is 1.62. The lowest BCUT2D eigenvalue weighted by atomic mass is 10.0. The Balaban J connectivity index is 1.61. The van der Waals surface area contributed by atoms with Crippen molar-refractivity contribution >= 4 is 23.3 Å². The minimum atomic E-state index is -0.264. The molecule has 0 bridgehead atoms. The van der Waals surface area contributed by atoms with Crippen LogP contribution in [0.25, 0.3) is 5.57 Å². The van der Waals surface area contributed by atoms with Crippen LogP contribution in [-0.4, -0.2) is 85.1 Å². The molecule has 4 rings (SSSR count). The predicted molar refractivity (Wildman–Crippen MR) is 119 cm³/mol. The Morgan fingerprint density at radius 2 is 1.56 bits per heavy atom. The normalized spacial score (nSPS) is 16.9. The minimum Gasteiger partial charge on any atom is -0.497 e. The highest BCUT2D eigenvalue weighted by atomic mass is 16.5. The molecule has 0 radical (unpaired) electrons. The molecule has 32 heavy (non-hydrogen) atoms. The van der Waals surface area contributed by atoms with Crippen LogP contribution in [0, 0.1) is 0 Å². The fourth-order valence-corrected chi connectivity index (χ4v) is 4.03. The number of aromatic nitrogens is 2. The van der Waals surface area contributed by atoms with Crippen LogP contribution in [0.15, 0.2) is 48.4 Å². The van der Waals surface area contributed by atoms with Gasteiger partial charge in [-0.15, -0.1) is 0 Å². The van der Waals surface area contributed by atoms with Gasteiger partial charge in [-0.2, -0.15) is 0 Å². The first-order valence-electron chi connectivity index (χ1n) is 10.6. The van der Waals surface area contributed by atoms with E-state index in [0.717, 1.165) is 0 Å². The van der Waals surface area contributed by atoms with Crippen LogP contribution in [0.2, 0.25) is 0 Å². The summed E-state index contributed by atoms with van der Waals surface area (Å²) in [6.07, 6.45) is 4.03. The van der Waals surface area contributed by atoms with Crippen LogP contribution in [0.5, 0.6) is 5.75 Å². The van der Waals surface area contributed by atoms with Crippen LogP contribution >= 0.6 is 0 Å². The van der Waals surface area contributed by atoms with Crippen molar-refractivity contribution in [2.24, 2.45) is 0 Å². The third-order valence-corrected chi connectivity index (χ3v) is 5.68. The molecule has 2 aliphatic heterocycles. The van der Waals surface area contributed by atoms with Crippen molar-refractivity contribution in [2.45, 2.75) is 6.42 Å². The van der Waals surface area contributed by atoms with E-state index in [4.69, 9.17) is 9.47 Å². The average molecular weight is 438 g/mol. The molecule has 0 aliphatic carbocycles. The van der Waals surface area contributed by atoms with Crippen LogP contribution in [0.3, 0.4) is 0 Å². The maximum absolute atomic E-state index is 13.4. The summed E-state index contributed by atoms with van der Waals surface area (Å²) in [6, 6.07) is 9.04. The summed E-state index contributed by atoms with van der Waals surface area (Å²) in [4.78, 5) is 40.8. The van der Waals surface area contributed by atoms with Crippen molar-refractivity contribution in [1.29, 1.82) is 0 Å². The summed E-state index contributed by atoms with van der Waals surface area (Å²) in [6.45, 7) is 3.33. The molecule has 0 saturated carbocycles. The maximum Gasteiger partial charge on any atom is 0.277 e. The van der Waals surface area contributed by atoms with E-state index in [1.165, 1.54) is 4.90 Å². The predicted octanol–water partition coefficient (Wildman–Crippen LogP) is 1.42. The van der Waals surface area contributed by atoms with Crippen molar-refractivity contribution in [2.75, 3.05) is 58.5 Å². The zero-order valence-electron chi connectivity index (χ0n) is 18.4. The van der Waals surface area contributed by atoms with E-state index in [1.54, 1.807) is 44.8 Å². The molecule has 1 saturated heterocycles. The van der Waals surface area contributed by atoms with Crippen molar-refractivity contribution in [3.05, 3.63) is 54.0 Å². The van der Waals surface area contributed by atoms with E-state index in [0.29, 0.717) is 74.3 Å². The van der Waals surface area contributed by atoms with E-state index >= 15 is 0 Å². The van der Waals surface area contributed by atoms with Gasteiger partial charge in [0.1, 0.15) is 11.4 Å². The highest BCUT2D eigenvalue weighted by Crippen LogP contribution is 2.33. The number of carbonyl (C=O) groups is 2. The molecule has 0 atom stereocenters. The van der Waals surface area contributed by atoms with Gasteiger partial charge in [-0.1, -0.05) is 12.1 Å². The van der Waals surface area contributed by atoms with Gasteiger partial charge in [0.25, 0.3) is 11.8 Å². The smallest absolute Gasteiger partial charge is 0.277 e. The van der Waals surface area contributed by atoms with Crippen LogP contribution in [-0.2, 0) is 14.3 Å². The molecule has 0 unspecified atom stereocenters. The van der Waals surface area contributed by atoms with Crippen molar-refractivity contribution in [3.63, 3.8) is 0 Å². The molecule has 1 aromatic heterocycles. The summed E-state index contributed by atoms with van der Waals surface area (Å²) >= 11 is 0. The van der Waals surface area contributed by atoms with Gasteiger partial charge in [0, 0.05) is 58.8 Å². The molecule has 168 valence electrons. The highest BCUT2D eigenvalue weighted by molar-refractivity contribution is 6.35. The van der Waals surface area contributed by atoms with Crippen LogP contribution in [0.1, 0.15) is 12.0 Å². The number of piperazine rings is 1. The van der Waals surface area contributed by atoms with Gasteiger partial charge in [-0.25, -0.2) is 9.97 Å². The molecule has 1 fully saturated rings. The lowest BCUT2D eigenvalue weighted by Crippen LogP contribution is -2.48. The number of benzene rings is 1. The first-order chi connectivity index (χ1) is 15.6. The molecule has 9 nitrogen and oxygen atoms in total. The number of nitrogens with zero attached hydrogens (tertiary/aromatic N) is 5. The number of amides is 2. The number of hydrogen-bond acceptors (Lipinski definition) is 8. The molecule has 0 N–H and O–H groups in total. The summed E-state index contributed by atoms with van der Waals surface area (Å²) < 4.78 is 10.3. The summed E-state index contributed by atoms with van der Waals surface area (Å²) in [5, 5.41) is 0. The molecular formula is C23H27N5O4. The Hall–Kier alpha value is -3.46. The topological polar surface area (TPSA) is 88.1 Å². The second-order valence-corrected chi connectivity index (χ2v) is 7.58. The highest BCUT2D eigenvalue weighted by Gasteiger charge is 2.42. The molecule has 1 aromatic carbocycles. The van der Waals surface area contributed by atoms with Crippen LogP contribution in [0.4, 0.5) is 5.95 Å². The third-order valence-electron chi connectivity index (χ3n) is 5.68. The van der Waals surface area contributed by atoms with Crippen molar-refractivity contribution in [3.8, 4) is 5.75 Å². The fourth-order valence-electron chi connectivity index (χ4n) is 4.03. The van der Waals surface area contributed by atoms with Gasteiger partial charge >= 0.3 is 0 Å². The number of hydrogen-bond donors (Lipinski definition) is 0. The zero-order chi connectivity index (χ0) is 22.5. The van der Waals surface area contributed by atoms with Gasteiger partial charge in [-0.3, -0.25) is 14.5 Å². The number of anilines is 1. The molecule has 2 aliphatic rings. The van der Waals surface area contributed by atoms with Gasteiger partial charge in [-0.05, 0) is 30.2 Å². The molecular weight excluding hydrogens is 410 g/mol. The molecule has 9 heteroatoms. The van der Waals surface area contributed by atoms with Gasteiger partial charge < -0.3 is 19.3 Å². The summed E-state index contributed by atoms with van der Waals surface area (Å²) in [7, 11) is 3.20. The quantitative estimate of drug-likeness (QED) is 0.453. The van der Waals surface area contributed by atoms with Crippen molar-refractivity contribution < 1.29 is 19.1 Å². The van der Waals surface area contributed by atoms with E-state index in [9.17, 15) is 9.59 Å². The lowest BCUT2D eigenvalue weighted by molar-refractivity contribution is -0.137. The monoisotopic (exact) mass is 437 g/mol. The van der Waals surface area contributed by atoms with Gasteiger partial charge in [0.2, 0.25) is 5.95 Å². The molecule has 2 aromatic rings. The Bertz CT molecular complexity index is 985. The van der Waals surface area contributed by atoms with E-state index in [-0.39, 0.29) is 11.8 Å². The van der Waals surface area contributed by atoms with Gasteiger partial charge in [0.15, 0.2) is 0 Å². The molecule has 0 spiro atoms. The van der Waals surface area contributed by atoms with E-state index in [2.05, 4.69) is 14.9 Å². The number of methoxy groups -OCH3 is 2. The Labute approximate surface area is 187 Å². The Morgan fingerprint density at radius 1 is 0.906 bits per heavy atom. The van der Waals surface area contributed by atoms with Gasteiger partial charge in [0.05, 0.1) is 12.7 Å². The van der Waals surface area contributed by atoms with E-state index in [1.807, 2.05) is 17.0 Å². The first kappa shape index (κ1) is 21.8. The number of imide groups is 1. The Morgan fingerprint density at radius 3 is 2.19 bits per heavy atom. The lowest BCUT2D eigenvalue weighted by Gasteiger charge is -2.36. The standard InChI is InChI=1S/C23H27N5O4/c1-31-16-4-11-28-21(29)19(17-5-7-18(32-2)8-6-17)20(22(28)30)26-12-14-27(15-13-26)23-24-9-3-10-25-23/h3,5-10H,4,11-16H2,1-2H3. The van der Waals surface area contributed by atoms with E-state index < -0.39 is 0 Å². The number of ether oxygens (including phenoxy) is 2. The van der Waals surface area contributed by atoms with Crippen molar-refractivity contribution in [1.82, 2.24) is 19.8 Å². The maximum atomic E-state index is 13.4. The molecule has 2 amide bonds. The average Bonchev–Trinajstić information content (AvgIpc) is 3.09. The fraction of sp³-hybridized carbons (Fsp3) is 0.391. The SMILES string of the molecule is COCCCN1C(=O)C(c2ccc(OC)cc2)=C(N2CCN(c3ncccn3)CC2)C1=O. The minimum absolute atomic E-state index is 0.249. The summed E-state index contributed by atoms with van der Waals surface area (Å²) in [5.74, 6) is 0.856. The first-order valence-corrected chi connectivity index (χ1v) is 10.6. The second kappa shape index (κ2) is 9.78. The third kappa shape index (κ3) is 4.29. The van der Waals surface area contributed by atoms with Crippen LogP contribution < -0.4 is 9.64 Å².